The molecule has 1 aliphatic heterocycles. The van der Waals surface area contributed by atoms with Crippen LogP contribution < -0.4 is 5.32 Å². The van der Waals surface area contributed by atoms with Gasteiger partial charge < -0.3 is 10.1 Å². The van der Waals surface area contributed by atoms with Gasteiger partial charge in [0.05, 0.1) is 12.2 Å². The summed E-state index contributed by atoms with van der Waals surface area (Å²) in [5.74, 6) is 0.156. The van der Waals surface area contributed by atoms with Gasteiger partial charge in [-0.05, 0) is 31.4 Å². The maximum Gasteiger partial charge on any atom is 0.220 e. The second-order valence-electron chi connectivity index (χ2n) is 7.00. The first-order valence-electron chi connectivity index (χ1n) is 9.29. The zero-order valence-electron chi connectivity index (χ0n) is 15.4. The number of unbranched alkanes of at least 4 members (excludes halogenated alkanes) is 2. The molecule has 1 fully saturated rings. The van der Waals surface area contributed by atoms with Crippen LogP contribution in [0.1, 0.15) is 57.6 Å². The van der Waals surface area contributed by atoms with Crippen LogP contribution in [0, 0.1) is 0 Å². The Labute approximate surface area is 146 Å². The van der Waals surface area contributed by atoms with Crippen molar-refractivity contribution in [3.63, 3.8) is 0 Å². The van der Waals surface area contributed by atoms with Crippen molar-refractivity contribution in [1.82, 2.24) is 10.2 Å². The van der Waals surface area contributed by atoms with E-state index in [-0.39, 0.29) is 5.91 Å². The predicted octanol–water partition coefficient (Wildman–Crippen LogP) is 3.49. The first kappa shape index (κ1) is 18.9. The summed E-state index contributed by atoms with van der Waals surface area (Å²) in [4.78, 5) is 14.2. The third-order valence-corrected chi connectivity index (χ3v) is 4.42. The smallest absolute Gasteiger partial charge is 0.220 e. The van der Waals surface area contributed by atoms with Gasteiger partial charge in [-0.25, -0.2) is 0 Å². The lowest BCUT2D eigenvalue weighted by atomic mass is 10.1. The van der Waals surface area contributed by atoms with E-state index in [1.54, 1.807) is 0 Å². The summed E-state index contributed by atoms with van der Waals surface area (Å²) >= 11 is 0. The maximum absolute atomic E-state index is 11.8. The quantitative estimate of drug-likeness (QED) is 0.741. The Balaban J connectivity index is 1.75. The van der Waals surface area contributed by atoms with E-state index in [2.05, 4.69) is 55.3 Å². The van der Waals surface area contributed by atoms with E-state index < -0.39 is 0 Å². The lowest BCUT2D eigenvalue weighted by Gasteiger charge is -2.35. The molecule has 1 amide bonds. The normalized spacial score (nSPS) is 21.6. The van der Waals surface area contributed by atoms with Crippen LogP contribution in [0.5, 0.6) is 0 Å². The van der Waals surface area contributed by atoms with Gasteiger partial charge in [0.2, 0.25) is 5.91 Å². The molecule has 4 heteroatoms. The number of ether oxygens (including phenoxy) is 1. The summed E-state index contributed by atoms with van der Waals surface area (Å²) in [6.07, 6.45) is 4.50. The minimum absolute atomic E-state index is 0.156. The lowest BCUT2D eigenvalue weighted by molar-refractivity contribution is -0.121. The highest BCUT2D eigenvalue weighted by molar-refractivity contribution is 5.75. The van der Waals surface area contributed by atoms with Gasteiger partial charge in [0.15, 0.2) is 0 Å². The number of rotatable bonds is 8. The fourth-order valence-corrected chi connectivity index (χ4v) is 3.26. The monoisotopic (exact) mass is 332 g/mol. The number of nitrogens with one attached hydrogen (secondary N) is 1. The molecular weight excluding hydrogens is 300 g/mol. The molecule has 0 aliphatic carbocycles. The number of hydrogen-bond acceptors (Lipinski definition) is 3. The molecule has 24 heavy (non-hydrogen) atoms. The SMILES string of the molecule is CCCCCC(=O)NCc1ccc(CN2C[C@H](C)O[C@@H](C)C2)cc1. The summed E-state index contributed by atoms with van der Waals surface area (Å²) in [6.45, 7) is 9.97. The van der Waals surface area contributed by atoms with Crippen LogP contribution in [0.4, 0.5) is 0 Å². The zero-order valence-corrected chi connectivity index (χ0v) is 15.4. The highest BCUT2D eigenvalue weighted by Gasteiger charge is 2.21. The van der Waals surface area contributed by atoms with Crippen LogP contribution >= 0.6 is 0 Å². The highest BCUT2D eigenvalue weighted by atomic mass is 16.5. The van der Waals surface area contributed by atoms with E-state index in [1.807, 2.05) is 0 Å². The van der Waals surface area contributed by atoms with Gasteiger partial charge in [-0.1, -0.05) is 44.0 Å². The minimum Gasteiger partial charge on any atom is -0.373 e. The van der Waals surface area contributed by atoms with Gasteiger partial charge in [-0.15, -0.1) is 0 Å². The average Bonchev–Trinajstić information content (AvgIpc) is 2.53. The number of carbonyl (C=O) groups is 1. The predicted molar refractivity (Wildman–Crippen MR) is 97.7 cm³/mol. The third kappa shape index (κ3) is 6.62. The van der Waals surface area contributed by atoms with Crippen molar-refractivity contribution in [2.75, 3.05) is 13.1 Å². The Bertz CT molecular complexity index is 491. The zero-order chi connectivity index (χ0) is 17.4. The molecule has 2 atom stereocenters. The molecule has 1 saturated heterocycles. The molecular formula is C20H32N2O2. The second-order valence-corrected chi connectivity index (χ2v) is 7.00. The molecule has 1 heterocycles. The van der Waals surface area contributed by atoms with Crippen molar-refractivity contribution in [1.29, 1.82) is 0 Å². The highest BCUT2D eigenvalue weighted by Crippen LogP contribution is 2.14. The molecule has 2 rings (SSSR count). The van der Waals surface area contributed by atoms with Gasteiger partial charge in [-0.2, -0.15) is 0 Å². The molecule has 0 bridgehead atoms. The van der Waals surface area contributed by atoms with Gasteiger partial charge >= 0.3 is 0 Å². The number of nitrogens with zero attached hydrogens (tertiary/aromatic N) is 1. The summed E-state index contributed by atoms with van der Waals surface area (Å²) in [5.41, 5.74) is 2.47. The van der Waals surface area contributed by atoms with Gasteiger partial charge in [0.25, 0.3) is 0 Å². The number of amides is 1. The summed E-state index contributed by atoms with van der Waals surface area (Å²) in [6, 6.07) is 8.58. The molecule has 1 N–H and O–H groups in total. The standard InChI is InChI=1S/C20H32N2O2/c1-4-5-6-7-20(23)21-12-18-8-10-19(11-9-18)15-22-13-16(2)24-17(3)14-22/h8-11,16-17H,4-7,12-15H2,1-3H3,(H,21,23)/t16-,17-/m0/s1. The van der Waals surface area contributed by atoms with E-state index in [9.17, 15) is 4.79 Å². The molecule has 1 aromatic carbocycles. The molecule has 4 nitrogen and oxygen atoms in total. The van der Waals surface area contributed by atoms with Crippen molar-refractivity contribution in [3.05, 3.63) is 35.4 Å². The van der Waals surface area contributed by atoms with Crippen molar-refractivity contribution in [3.8, 4) is 0 Å². The molecule has 0 radical (unpaired) electrons. The number of benzene rings is 1. The number of hydrogen-bond donors (Lipinski definition) is 1. The summed E-state index contributed by atoms with van der Waals surface area (Å²) in [7, 11) is 0. The molecule has 134 valence electrons. The van der Waals surface area contributed by atoms with Crippen LogP contribution in [0.25, 0.3) is 0 Å². The van der Waals surface area contributed by atoms with Crippen LogP contribution in [-0.4, -0.2) is 36.1 Å². The molecule has 0 unspecified atom stereocenters. The number of morpholine rings is 1. The largest absolute Gasteiger partial charge is 0.373 e. The maximum atomic E-state index is 11.8. The van der Waals surface area contributed by atoms with Crippen LogP contribution in [0.3, 0.4) is 0 Å². The first-order valence-corrected chi connectivity index (χ1v) is 9.29. The minimum atomic E-state index is 0.156. The Kier molecular flexibility index (Phi) is 7.73. The fourth-order valence-electron chi connectivity index (χ4n) is 3.26. The van der Waals surface area contributed by atoms with Crippen LogP contribution in [-0.2, 0) is 22.6 Å². The van der Waals surface area contributed by atoms with Crippen molar-refractivity contribution >= 4 is 5.91 Å². The van der Waals surface area contributed by atoms with E-state index in [4.69, 9.17) is 4.74 Å². The molecule has 0 spiro atoms. The molecule has 0 saturated carbocycles. The van der Waals surface area contributed by atoms with Gasteiger partial charge in [0.1, 0.15) is 0 Å². The molecule has 1 aromatic rings. The van der Waals surface area contributed by atoms with E-state index in [0.29, 0.717) is 25.2 Å². The number of carbonyl (C=O) groups excluding carboxylic acids is 1. The summed E-state index contributed by atoms with van der Waals surface area (Å²) in [5, 5.41) is 3.00. The van der Waals surface area contributed by atoms with Crippen molar-refractivity contribution < 1.29 is 9.53 Å². The lowest BCUT2D eigenvalue weighted by Crippen LogP contribution is -2.44. The Morgan fingerprint density at radius 1 is 1.12 bits per heavy atom. The third-order valence-electron chi connectivity index (χ3n) is 4.42. The summed E-state index contributed by atoms with van der Waals surface area (Å²) < 4.78 is 5.78. The van der Waals surface area contributed by atoms with E-state index in [0.717, 1.165) is 44.5 Å². The van der Waals surface area contributed by atoms with Crippen LogP contribution in [0.2, 0.25) is 0 Å². The van der Waals surface area contributed by atoms with E-state index in [1.165, 1.54) is 5.56 Å². The molecule has 1 aliphatic rings. The van der Waals surface area contributed by atoms with Crippen molar-refractivity contribution in [2.24, 2.45) is 0 Å². The Hall–Kier alpha value is -1.39. The average molecular weight is 332 g/mol. The van der Waals surface area contributed by atoms with Gasteiger partial charge in [0, 0.05) is 32.6 Å². The second kappa shape index (κ2) is 9.80. The Morgan fingerprint density at radius 2 is 1.75 bits per heavy atom. The topological polar surface area (TPSA) is 41.6 Å². The van der Waals surface area contributed by atoms with E-state index >= 15 is 0 Å². The van der Waals surface area contributed by atoms with Gasteiger partial charge in [-0.3, -0.25) is 9.69 Å². The molecule has 0 aromatic heterocycles. The fraction of sp³-hybridized carbons (Fsp3) is 0.650. The first-order chi connectivity index (χ1) is 11.6. The Morgan fingerprint density at radius 3 is 2.38 bits per heavy atom. The van der Waals surface area contributed by atoms with Crippen LogP contribution in [0.15, 0.2) is 24.3 Å². The van der Waals surface area contributed by atoms with Crippen molar-refractivity contribution in [2.45, 2.75) is 71.8 Å².